The van der Waals surface area contributed by atoms with Gasteiger partial charge in [-0.05, 0) is 29.7 Å². The third-order valence-corrected chi connectivity index (χ3v) is 2.52. The number of fused-ring (bicyclic) bond motifs is 1. The minimum absolute atomic E-state index is 0.104. The summed E-state index contributed by atoms with van der Waals surface area (Å²) < 4.78 is 26.6. The van der Waals surface area contributed by atoms with Crippen LogP contribution in [0.4, 0.5) is 8.78 Å². The van der Waals surface area contributed by atoms with E-state index in [1.807, 2.05) is 0 Å². The molecule has 0 atom stereocenters. The van der Waals surface area contributed by atoms with Crippen molar-refractivity contribution >= 4 is 11.5 Å². The number of aliphatic carboxylic acids is 1. The molecule has 2 N–H and O–H groups in total. The molecule has 2 rings (SSSR count). The van der Waals surface area contributed by atoms with Crippen molar-refractivity contribution in [1.29, 1.82) is 0 Å². The van der Waals surface area contributed by atoms with Crippen LogP contribution in [-0.2, 0) is 11.2 Å². The second kappa shape index (κ2) is 3.30. The lowest BCUT2D eigenvalue weighted by Crippen LogP contribution is -2.29. The highest BCUT2D eigenvalue weighted by Crippen LogP contribution is 2.40. The van der Waals surface area contributed by atoms with E-state index >= 15 is 0 Å². The fourth-order valence-corrected chi connectivity index (χ4v) is 1.73. The summed E-state index contributed by atoms with van der Waals surface area (Å²) in [6.45, 7) is 0. The van der Waals surface area contributed by atoms with Crippen molar-refractivity contribution in [2.75, 3.05) is 0 Å². The van der Waals surface area contributed by atoms with Crippen molar-refractivity contribution in [3.63, 3.8) is 0 Å². The molecule has 0 saturated carbocycles. The summed E-state index contributed by atoms with van der Waals surface area (Å²) in [6, 6.07) is 4.05. The molecule has 1 aromatic carbocycles. The van der Waals surface area contributed by atoms with Crippen LogP contribution in [0.15, 0.2) is 24.3 Å². The molecule has 0 saturated heterocycles. The molecule has 1 aliphatic rings. The summed E-state index contributed by atoms with van der Waals surface area (Å²) in [5.41, 5.74) is 0.145. The third kappa shape index (κ3) is 1.44. The van der Waals surface area contributed by atoms with Gasteiger partial charge in [-0.3, -0.25) is 0 Å². The third-order valence-electron chi connectivity index (χ3n) is 2.52. The fraction of sp³-hybridized carbons (Fsp3) is 0.182. The average Bonchev–Trinajstić information content (AvgIpc) is 2.60. The van der Waals surface area contributed by atoms with Crippen LogP contribution in [0.1, 0.15) is 11.1 Å². The van der Waals surface area contributed by atoms with Gasteiger partial charge in [0.15, 0.2) is 0 Å². The molecule has 0 amide bonds. The van der Waals surface area contributed by atoms with Gasteiger partial charge in [-0.25, -0.2) is 4.79 Å². The summed E-state index contributed by atoms with van der Waals surface area (Å²) >= 11 is 0. The van der Waals surface area contributed by atoms with Crippen molar-refractivity contribution in [2.24, 2.45) is 0 Å². The van der Waals surface area contributed by atoms with E-state index < -0.39 is 17.5 Å². The summed E-state index contributed by atoms with van der Waals surface area (Å²) in [7, 11) is 0. The standard InChI is InChI=1S/C11H8F2O3/c12-11(13,10(15)16)9-4-2-6-1-3-7(14)5-8(6)9/h1,3-5,14H,2H2,(H,15,16). The number of alkyl halides is 2. The van der Waals surface area contributed by atoms with Crippen molar-refractivity contribution < 1.29 is 23.8 Å². The number of carbonyl (C=O) groups is 1. The van der Waals surface area contributed by atoms with Crippen LogP contribution in [0.5, 0.6) is 5.75 Å². The van der Waals surface area contributed by atoms with Gasteiger partial charge >= 0.3 is 11.9 Å². The maximum absolute atomic E-state index is 13.3. The van der Waals surface area contributed by atoms with Crippen LogP contribution in [-0.4, -0.2) is 22.1 Å². The molecule has 3 nitrogen and oxygen atoms in total. The number of allylic oxidation sites excluding steroid dienone is 1. The number of hydrogen-bond acceptors (Lipinski definition) is 2. The van der Waals surface area contributed by atoms with E-state index in [1.54, 1.807) is 0 Å². The van der Waals surface area contributed by atoms with E-state index in [-0.39, 0.29) is 17.7 Å². The van der Waals surface area contributed by atoms with Gasteiger partial charge in [0.1, 0.15) is 5.75 Å². The zero-order valence-corrected chi connectivity index (χ0v) is 8.08. The van der Waals surface area contributed by atoms with E-state index in [0.717, 1.165) is 6.07 Å². The van der Waals surface area contributed by atoms with Crippen LogP contribution >= 0.6 is 0 Å². The van der Waals surface area contributed by atoms with Crippen molar-refractivity contribution in [2.45, 2.75) is 12.3 Å². The quantitative estimate of drug-likeness (QED) is 0.811. The average molecular weight is 226 g/mol. The van der Waals surface area contributed by atoms with E-state index in [0.29, 0.717) is 5.56 Å². The number of carboxylic acids is 1. The maximum atomic E-state index is 13.3. The largest absolute Gasteiger partial charge is 0.508 e. The number of carboxylic acid groups (broad SMARTS) is 1. The van der Waals surface area contributed by atoms with Crippen LogP contribution < -0.4 is 0 Å². The number of benzene rings is 1. The highest BCUT2D eigenvalue weighted by Gasteiger charge is 2.45. The highest BCUT2D eigenvalue weighted by atomic mass is 19.3. The lowest BCUT2D eigenvalue weighted by molar-refractivity contribution is -0.156. The molecule has 0 aliphatic heterocycles. The predicted molar refractivity (Wildman–Crippen MR) is 52.4 cm³/mol. The van der Waals surface area contributed by atoms with Crippen molar-refractivity contribution in [3.05, 3.63) is 35.4 Å². The highest BCUT2D eigenvalue weighted by molar-refractivity contribution is 5.95. The zero-order chi connectivity index (χ0) is 11.9. The molecule has 84 valence electrons. The van der Waals surface area contributed by atoms with Gasteiger partial charge in [-0.15, -0.1) is 0 Å². The van der Waals surface area contributed by atoms with Gasteiger partial charge in [0.2, 0.25) is 0 Å². The predicted octanol–water partition coefficient (Wildman–Crippen LogP) is 2.05. The molecule has 16 heavy (non-hydrogen) atoms. The van der Waals surface area contributed by atoms with Crippen molar-refractivity contribution in [1.82, 2.24) is 0 Å². The van der Waals surface area contributed by atoms with Gasteiger partial charge in [-0.2, -0.15) is 8.78 Å². The molecule has 0 heterocycles. The normalized spacial score (nSPS) is 14.5. The molecule has 1 aliphatic carbocycles. The smallest absolute Gasteiger partial charge is 0.379 e. The number of halogens is 2. The van der Waals surface area contributed by atoms with E-state index in [4.69, 9.17) is 5.11 Å². The van der Waals surface area contributed by atoms with E-state index in [1.165, 1.54) is 18.2 Å². The molecule has 0 radical (unpaired) electrons. The summed E-state index contributed by atoms with van der Waals surface area (Å²) in [5, 5.41) is 17.6. The first kappa shape index (κ1) is 10.6. The van der Waals surface area contributed by atoms with Crippen LogP contribution in [0.2, 0.25) is 0 Å². The SMILES string of the molecule is O=C(O)C(F)(F)C1=CCc2ccc(O)cc21. The molecular weight excluding hydrogens is 218 g/mol. The fourth-order valence-electron chi connectivity index (χ4n) is 1.73. The van der Waals surface area contributed by atoms with E-state index in [2.05, 4.69) is 0 Å². The molecular formula is C11H8F2O3. The second-order valence-corrected chi connectivity index (χ2v) is 3.54. The summed E-state index contributed by atoms with van der Waals surface area (Å²) in [6.07, 6.45) is 1.44. The van der Waals surface area contributed by atoms with Gasteiger partial charge in [0.05, 0.1) is 0 Å². The molecule has 5 heteroatoms. The van der Waals surface area contributed by atoms with Gasteiger partial charge in [-0.1, -0.05) is 12.1 Å². The summed E-state index contributed by atoms with van der Waals surface area (Å²) in [5.74, 6) is -6.26. The first-order valence-corrected chi connectivity index (χ1v) is 4.57. The maximum Gasteiger partial charge on any atom is 0.379 e. The minimum Gasteiger partial charge on any atom is -0.508 e. The Hall–Kier alpha value is -1.91. The monoisotopic (exact) mass is 226 g/mol. The minimum atomic E-state index is -3.92. The molecule has 0 unspecified atom stereocenters. The van der Waals surface area contributed by atoms with Crippen molar-refractivity contribution in [3.8, 4) is 5.75 Å². The van der Waals surface area contributed by atoms with Crippen LogP contribution in [0, 0.1) is 0 Å². The number of phenols is 1. The lowest BCUT2D eigenvalue weighted by Gasteiger charge is -2.14. The summed E-state index contributed by atoms with van der Waals surface area (Å²) in [4.78, 5) is 10.4. The Balaban J connectivity index is 2.50. The molecule has 0 aromatic heterocycles. The molecule has 0 fully saturated rings. The first-order chi connectivity index (χ1) is 7.43. The van der Waals surface area contributed by atoms with E-state index in [9.17, 15) is 18.7 Å². The molecule has 0 bridgehead atoms. The number of hydrogen-bond donors (Lipinski definition) is 2. The van der Waals surface area contributed by atoms with Gasteiger partial charge < -0.3 is 10.2 Å². The Bertz CT molecular complexity index is 492. The Kier molecular flexibility index (Phi) is 2.18. The molecule has 0 spiro atoms. The van der Waals surface area contributed by atoms with Gasteiger partial charge in [0, 0.05) is 5.57 Å². The van der Waals surface area contributed by atoms with Crippen LogP contribution in [0.25, 0.3) is 5.57 Å². The first-order valence-electron chi connectivity index (χ1n) is 4.57. The topological polar surface area (TPSA) is 57.5 Å². The van der Waals surface area contributed by atoms with Gasteiger partial charge in [0.25, 0.3) is 0 Å². The lowest BCUT2D eigenvalue weighted by atomic mass is 10.0. The van der Waals surface area contributed by atoms with Crippen LogP contribution in [0.3, 0.4) is 0 Å². The zero-order valence-electron chi connectivity index (χ0n) is 8.08. The Morgan fingerprint density at radius 3 is 2.69 bits per heavy atom. The Labute approximate surface area is 89.6 Å². The second-order valence-electron chi connectivity index (χ2n) is 3.54. The number of rotatable bonds is 2. The Morgan fingerprint density at radius 1 is 1.38 bits per heavy atom. The number of phenolic OH excluding ortho intramolecular Hbond substituents is 1. The number of aromatic hydroxyl groups is 1. The molecule has 1 aromatic rings. The Morgan fingerprint density at radius 2 is 2.06 bits per heavy atom.